The number of aromatic nitrogens is 1. The van der Waals surface area contributed by atoms with Crippen LogP contribution >= 0.6 is 22.9 Å². The minimum Gasteiger partial charge on any atom is -0.232 e. The highest BCUT2D eigenvalue weighted by Crippen LogP contribution is 2.23. The fourth-order valence-electron chi connectivity index (χ4n) is 0.930. The first-order chi connectivity index (χ1) is 7.71. The standard InChI is InChI=1S/C7H8ClF3N2O2S2/c8-6-12-4-5(16-6)17(14,15)13-3-1-2-7(9,10)11/h4,13H,1-3H2. The Kier molecular flexibility index (Phi) is 4.76. The van der Waals surface area contributed by atoms with Gasteiger partial charge in [0.1, 0.15) is 0 Å². The summed E-state index contributed by atoms with van der Waals surface area (Å²) in [6.07, 6.45) is -4.56. The maximum Gasteiger partial charge on any atom is 0.389 e. The lowest BCUT2D eigenvalue weighted by atomic mass is 10.3. The van der Waals surface area contributed by atoms with Gasteiger partial charge in [0.05, 0.1) is 6.20 Å². The van der Waals surface area contributed by atoms with E-state index in [2.05, 4.69) is 4.98 Å². The number of hydrogen-bond acceptors (Lipinski definition) is 4. The Bertz CT molecular complexity index is 472. The van der Waals surface area contributed by atoms with Crippen LogP contribution in [0.25, 0.3) is 0 Å². The lowest BCUT2D eigenvalue weighted by Gasteiger charge is -2.06. The molecule has 0 bridgehead atoms. The Hall–Kier alpha value is -0.380. The SMILES string of the molecule is O=S(=O)(NCCCC(F)(F)F)c1cnc(Cl)s1. The maximum absolute atomic E-state index is 11.8. The van der Waals surface area contributed by atoms with Crippen molar-refractivity contribution in [1.29, 1.82) is 0 Å². The predicted molar refractivity (Wildman–Crippen MR) is 57.6 cm³/mol. The van der Waals surface area contributed by atoms with Gasteiger partial charge in [-0.15, -0.1) is 0 Å². The number of nitrogens with zero attached hydrogens (tertiary/aromatic N) is 1. The van der Waals surface area contributed by atoms with Crippen molar-refractivity contribution in [2.45, 2.75) is 23.2 Å². The molecule has 4 nitrogen and oxygen atoms in total. The van der Waals surface area contributed by atoms with E-state index in [0.717, 1.165) is 17.5 Å². The van der Waals surface area contributed by atoms with Gasteiger partial charge < -0.3 is 0 Å². The minimum atomic E-state index is -4.28. The van der Waals surface area contributed by atoms with Crippen LogP contribution in [0, 0.1) is 0 Å². The summed E-state index contributed by atoms with van der Waals surface area (Å²) in [6, 6.07) is 0. The highest BCUT2D eigenvalue weighted by atomic mass is 35.5. The molecule has 10 heteroatoms. The second kappa shape index (κ2) is 5.51. The summed E-state index contributed by atoms with van der Waals surface area (Å²) < 4.78 is 60.4. The lowest BCUT2D eigenvalue weighted by Crippen LogP contribution is -2.25. The quantitative estimate of drug-likeness (QED) is 0.850. The summed E-state index contributed by atoms with van der Waals surface area (Å²) in [7, 11) is -3.80. The zero-order chi connectivity index (χ0) is 13.1. The summed E-state index contributed by atoms with van der Waals surface area (Å²) in [5.74, 6) is 0. The van der Waals surface area contributed by atoms with Gasteiger partial charge in [-0.25, -0.2) is 18.1 Å². The molecule has 0 spiro atoms. The lowest BCUT2D eigenvalue weighted by molar-refractivity contribution is -0.135. The molecule has 0 aromatic carbocycles. The first-order valence-electron chi connectivity index (χ1n) is 4.38. The molecule has 1 aromatic rings. The van der Waals surface area contributed by atoms with Crippen molar-refractivity contribution in [3.63, 3.8) is 0 Å². The third-order valence-electron chi connectivity index (χ3n) is 1.65. The van der Waals surface area contributed by atoms with Gasteiger partial charge in [0.25, 0.3) is 10.0 Å². The molecule has 0 unspecified atom stereocenters. The summed E-state index contributed by atoms with van der Waals surface area (Å²) >= 11 is 6.19. The topological polar surface area (TPSA) is 59.1 Å². The first kappa shape index (κ1) is 14.7. The molecule has 1 aromatic heterocycles. The van der Waals surface area contributed by atoms with E-state index in [1.165, 1.54) is 0 Å². The van der Waals surface area contributed by atoms with Gasteiger partial charge in [0, 0.05) is 13.0 Å². The number of halogens is 4. The average Bonchev–Trinajstić information content (AvgIpc) is 2.59. The molecule has 0 saturated heterocycles. The van der Waals surface area contributed by atoms with Crippen LogP contribution in [0.15, 0.2) is 10.4 Å². The molecule has 0 aliphatic rings. The Morgan fingerprint density at radius 1 is 1.47 bits per heavy atom. The number of rotatable bonds is 5. The largest absolute Gasteiger partial charge is 0.389 e. The van der Waals surface area contributed by atoms with Crippen molar-refractivity contribution in [3.05, 3.63) is 10.7 Å². The van der Waals surface area contributed by atoms with E-state index in [1.807, 2.05) is 4.72 Å². The van der Waals surface area contributed by atoms with Crippen LogP contribution in [0.4, 0.5) is 13.2 Å². The van der Waals surface area contributed by atoms with Crippen LogP contribution in [-0.2, 0) is 10.0 Å². The van der Waals surface area contributed by atoms with E-state index in [1.54, 1.807) is 0 Å². The molecule has 0 amide bonds. The molecule has 0 radical (unpaired) electrons. The summed E-state index contributed by atoms with van der Waals surface area (Å²) in [6.45, 7) is -0.280. The van der Waals surface area contributed by atoms with Gasteiger partial charge >= 0.3 is 6.18 Å². The molecule has 1 N–H and O–H groups in total. The second-order valence-electron chi connectivity index (χ2n) is 3.05. The smallest absolute Gasteiger partial charge is 0.232 e. The zero-order valence-corrected chi connectivity index (χ0v) is 10.7. The van der Waals surface area contributed by atoms with Gasteiger partial charge in [0.15, 0.2) is 8.68 Å². The van der Waals surface area contributed by atoms with E-state index in [0.29, 0.717) is 0 Å². The minimum absolute atomic E-state index is 0.0562. The third-order valence-corrected chi connectivity index (χ3v) is 4.69. The summed E-state index contributed by atoms with van der Waals surface area (Å²) in [5, 5.41) is 0. The molecule has 1 heterocycles. The number of alkyl halides is 3. The monoisotopic (exact) mass is 308 g/mol. The highest BCUT2D eigenvalue weighted by Gasteiger charge is 2.26. The molecule has 0 saturated carbocycles. The molecular formula is C7H8ClF3N2O2S2. The van der Waals surface area contributed by atoms with Crippen LogP contribution in [0.1, 0.15) is 12.8 Å². The summed E-state index contributed by atoms with van der Waals surface area (Å²) in [4.78, 5) is 3.54. The van der Waals surface area contributed by atoms with Gasteiger partial charge in [0.2, 0.25) is 0 Å². The molecule has 98 valence electrons. The second-order valence-corrected chi connectivity index (χ2v) is 6.66. The zero-order valence-electron chi connectivity index (χ0n) is 8.29. The van der Waals surface area contributed by atoms with Crippen molar-refractivity contribution in [2.75, 3.05) is 6.54 Å². The van der Waals surface area contributed by atoms with Crippen molar-refractivity contribution in [3.8, 4) is 0 Å². The van der Waals surface area contributed by atoms with Crippen LogP contribution in [0.2, 0.25) is 4.47 Å². The Balaban J connectivity index is 2.46. The van der Waals surface area contributed by atoms with E-state index >= 15 is 0 Å². The Morgan fingerprint density at radius 2 is 2.12 bits per heavy atom. The predicted octanol–water partition coefficient (Wildman–Crippen LogP) is 2.42. The molecule has 0 aliphatic heterocycles. The summed E-state index contributed by atoms with van der Waals surface area (Å²) in [5.41, 5.74) is 0. The van der Waals surface area contributed by atoms with E-state index in [4.69, 9.17) is 11.6 Å². The van der Waals surface area contributed by atoms with Crippen LogP contribution in [0.5, 0.6) is 0 Å². The fourth-order valence-corrected chi connectivity index (χ4v) is 3.34. The highest BCUT2D eigenvalue weighted by molar-refractivity contribution is 7.91. The van der Waals surface area contributed by atoms with E-state index < -0.39 is 22.6 Å². The Labute approximate surface area is 105 Å². The van der Waals surface area contributed by atoms with Gasteiger partial charge in [-0.3, -0.25) is 0 Å². The van der Waals surface area contributed by atoms with Crippen LogP contribution in [0.3, 0.4) is 0 Å². The van der Waals surface area contributed by atoms with E-state index in [-0.39, 0.29) is 21.6 Å². The van der Waals surface area contributed by atoms with Gasteiger partial charge in [-0.1, -0.05) is 22.9 Å². The number of thiazole rings is 1. The molecular weight excluding hydrogens is 301 g/mol. The molecule has 0 atom stereocenters. The van der Waals surface area contributed by atoms with Crippen molar-refractivity contribution in [1.82, 2.24) is 9.71 Å². The molecule has 0 aliphatic carbocycles. The van der Waals surface area contributed by atoms with Crippen molar-refractivity contribution < 1.29 is 21.6 Å². The van der Waals surface area contributed by atoms with Crippen molar-refractivity contribution in [2.24, 2.45) is 0 Å². The first-order valence-corrected chi connectivity index (χ1v) is 7.06. The Morgan fingerprint density at radius 3 is 2.59 bits per heavy atom. The van der Waals surface area contributed by atoms with Gasteiger partial charge in [-0.05, 0) is 6.42 Å². The van der Waals surface area contributed by atoms with Crippen molar-refractivity contribution >= 4 is 33.0 Å². The van der Waals surface area contributed by atoms with Crippen LogP contribution in [-0.4, -0.2) is 26.1 Å². The fraction of sp³-hybridized carbons (Fsp3) is 0.571. The average molecular weight is 309 g/mol. The maximum atomic E-state index is 11.8. The number of nitrogens with one attached hydrogen (secondary N) is 1. The molecule has 17 heavy (non-hydrogen) atoms. The van der Waals surface area contributed by atoms with Crippen LogP contribution < -0.4 is 4.72 Å². The number of hydrogen-bond donors (Lipinski definition) is 1. The van der Waals surface area contributed by atoms with E-state index in [9.17, 15) is 21.6 Å². The number of sulfonamides is 1. The molecule has 0 fully saturated rings. The normalized spacial score (nSPS) is 12.9. The third kappa shape index (κ3) is 5.19. The van der Waals surface area contributed by atoms with Gasteiger partial charge in [-0.2, -0.15) is 13.2 Å². The molecule has 1 rings (SSSR count).